The van der Waals surface area contributed by atoms with E-state index in [9.17, 15) is 4.39 Å². The summed E-state index contributed by atoms with van der Waals surface area (Å²) in [4.78, 5) is 0. The standard InChI is InChI=1S/C12H12FIN2/c1-12(2,16-8-11(14)7-15-16)9-3-5-10(13)6-4-9/h3-8H,1-2H3. The first-order chi connectivity index (χ1) is 7.50. The molecular weight excluding hydrogens is 318 g/mol. The van der Waals surface area contributed by atoms with Gasteiger partial charge in [0, 0.05) is 6.20 Å². The fraction of sp³-hybridized carbons (Fsp3) is 0.250. The summed E-state index contributed by atoms with van der Waals surface area (Å²) in [5.41, 5.74) is 0.769. The molecule has 0 radical (unpaired) electrons. The molecule has 84 valence electrons. The van der Waals surface area contributed by atoms with Crippen LogP contribution in [0.2, 0.25) is 0 Å². The van der Waals surface area contributed by atoms with Gasteiger partial charge >= 0.3 is 0 Å². The maximum Gasteiger partial charge on any atom is 0.123 e. The van der Waals surface area contributed by atoms with Crippen molar-refractivity contribution < 1.29 is 4.39 Å². The quantitative estimate of drug-likeness (QED) is 0.772. The molecule has 0 atom stereocenters. The number of nitrogens with zero attached hydrogens (tertiary/aromatic N) is 2. The average molecular weight is 330 g/mol. The van der Waals surface area contributed by atoms with Crippen molar-refractivity contribution in [2.24, 2.45) is 0 Å². The predicted molar refractivity (Wildman–Crippen MR) is 69.8 cm³/mol. The Balaban J connectivity index is 2.42. The largest absolute Gasteiger partial charge is 0.262 e. The van der Waals surface area contributed by atoms with Gasteiger partial charge in [0.15, 0.2) is 0 Å². The molecule has 0 spiro atoms. The smallest absolute Gasteiger partial charge is 0.123 e. The lowest BCUT2D eigenvalue weighted by Gasteiger charge is -2.26. The highest BCUT2D eigenvalue weighted by molar-refractivity contribution is 14.1. The Hall–Kier alpha value is -0.910. The first-order valence-corrected chi connectivity index (χ1v) is 6.05. The summed E-state index contributed by atoms with van der Waals surface area (Å²) >= 11 is 2.22. The Kier molecular flexibility index (Phi) is 3.01. The zero-order valence-electron chi connectivity index (χ0n) is 9.11. The summed E-state index contributed by atoms with van der Waals surface area (Å²) in [7, 11) is 0. The van der Waals surface area contributed by atoms with E-state index >= 15 is 0 Å². The van der Waals surface area contributed by atoms with Crippen LogP contribution in [0.3, 0.4) is 0 Å². The molecule has 16 heavy (non-hydrogen) atoms. The fourth-order valence-electron chi connectivity index (χ4n) is 1.60. The van der Waals surface area contributed by atoms with Crippen LogP contribution in [0.25, 0.3) is 0 Å². The Morgan fingerprint density at radius 1 is 1.25 bits per heavy atom. The monoisotopic (exact) mass is 330 g/mol. The second-order valence-corrected chi connectivity index (χ2v) is 5.41. The van der Waals surface area contributed by atoms with Crippen molar-refractivity contribution in [3.05, 3.63) is 51.6 Å². The third kappa shape index (κ3) is 2.11. The van der Waals surface area contributed by atoms with E-state index < -0.39 is 0 Å². The molecule has 0 saturated carbocycles. The summed E-state index contributed by atoms with van der Waals surface area (Å²) in [6, 6.07) is 6.55. The van der Waals surface area contributed by atoms with Crippen molar-refractivity contribution in [1.29, 1.82) is 0 Å². The van der Waals surface area contributed by atoms with Crippen LogP contribution in [-0.2, 0) is 5.54 Å². The molecule has 2 nitrogen and oxygen atoms in total. The van der Waals surface area contributed by atoms with Gasteiger partial charge in [-0.15, -0.1) is 0 Å². The van der Waals surface area contributed by atoms with Crippen molar-refractivity contribution in [1.82, 2.24) is 9.78 Å². The maximum absolute atomic E-state index is 12.9. The third-order valence-corrected chi connectivity index (χ3v) is 3.23. The highest BCUT2D eigenvalue weighted by Gasteiger charge is 2.23. The number of halogens is 2. The van der Waals surface area contributed by atoms with E-state index in [0.717, 1.165) is 9.13 Å². The number of hydrogen-bond donors (Lipinski definition) is 0. The Bertz CT molecular complexity index is 488. The van der Waals surface area contributed by atoms with Crippen molar-refractivity contribution >= 4 is 22.6 Å². The molecule has 0 amide bonds. The van der Waals surface area contributed by atoms with E-state index in [1.165, 1.54) is 12.1 Å². The van der Waals surface area contributed by atoms with Crippen molar-refractivity contribution in [2.45, 2.75) is 19.4 Å². The molecule has 4 heteroatoms. The minimum atomic E-state index is -0.267. The summed E-state index contributed by atoms with van der Waals surface area (Å²) < 4.78 is 15.8. The fourth-order valence-corrected chi connectivity index (χ4v) is 1.98. The van der Waals surface area contributed by atoms with Crippen molar-refractivity contribution in [3.63, 3.8) is 0 Å². The molecule has 1 heterocycles. The predicted octanol–water partition coefficient (Wildman–Crippen LogP) is 3.41. The van der Waals surface area contributed by atoms with Crippen LogP contribution >= 0.6 is 22.6 Å². The third-order valence-electron chi connectivity index (χ3n) is 2.67. The lowest BCUT2D eigenvalue weighted by atomic mass is 9.95. The van der Waals surface area contributed by atoms with Crippen LogP contribution in [0.4, 0.5) is 4.39 Å². The Labute approximate surface area is 108 Å². The van der Waals surface area contributed by atoms with Crippen LogP contribution in [0, 0.1) is 9.39 Å². The average Bonchev–Trinajstić information content (AvgIpc) is 2.66. The molecule has 0 aliphatic heterocycles. The molecule has 0 saturated heterocycles. The van der Waals surface area contributed by atoms with Gasteiger partial charge in [-0.25, -0.2) is 4.39 Å². The Morgan fingerprint density at radius 3 is 2.38 bits per heavy atom. The van der Waals surface area contributed by atoms with Gasteiger partial charge in [-0.3, -0.25) is 4.68 Å². The zero-order valence-corrected chi connectivity index (χ0v) is 11.3. The molecule has 1 aromatic carbocycles. The first-order valence-electron chi connectivity index (χ1n) is 4.97. The van der Waals surface area contributed by atoms with Crippen LogP contribution in [-0.4, -0.2) is 9.78 Å². The number of hydrogen-bond acceptors (Lipinski definition) is 1. The number of benzene rings is 1. The van der Waals surface area contributed by atoms with Gasteiger partial charge in [0.1, 0.15) is 5.82 Å². The maximum atomic E-state index is 12.9. The number of rotatable bonds is 2. The number of aromatic nitrogens is 2. The second-order valence-electron chi connectivity index (χ2n) is 4.17. The summed E-state index contributed by atoms with van der Waals surface area (Å²) in [5.74, 6) is -0.213. The molecular formula is C12H12FIN2. The summed E-state index contributed by atoms with van der Waals surface area (Å²) in [5, 5.41) is 4.30. The van der Waals surface area contributed by atoms with Gasteiger partial charge in [-0.2, -0.15) is 5.10 Å². The molecule has 2 aromatic rings. The molecule has 2 rings (SSSR count). The molecule has 0 fully saturated rings. The molecule has 0 aliphatic carbocycles. The van der Waals surface area contributed by atoms with Crippen LogP contribution < -0.4 is 0 Å². The second kappa shape index (κ2) is 4.16. The highest BCUT2D eigenvalue weighted by Crippen LogP contribution is 2.25. The lowest BCUT2D eigenvalue weighted by molar-refractivity contribution is 0.390. The van der Waals surface area contributed by atoms with Crippen LogP contribution in [0.5, 0.6) is 0 Å². The van der Waals surface area contributed by atoms with Gasteiger partial charge in [-0.1, -0.05) is 12.1 Å². The van der Waals surface area contributed by atoms with Gasteiger partial charge in [-0.05, 0) is 54.1 Å². The SMILES string of the molecule is CC(C)(c1ccc(F)cc1)n1cc(I)cn1. The van der Waals surface area contributed by atoms with E-state index in [1.54, 1.807) is 12.1 Å². The van der Waals surface area contributed by atoms with Gasteiger partial charge < -0.3 is 0 Å². The van der Waals surface area contributed by atoms with Gasteiger partial charge in [0.05, 0.1) is 15.3 Å². The normalized spacial score (nSPS) is 11.8. The minimum absolute atomic E-state index is 0.213. The molecule has 0 aliphatic rings. The van der Waals surface area contributed by atoms with Crippen LogP contribution in [0.15, 0.2) is 36.7 Å². The molecule has 1 aromatic heterocycles. The van der Waals surface area contributed by atoms with E-state index in [1.807, 2.05) is 17.1 Å². The van der Waals surface area contributed by atoms with E-state index in [0.29, 0.717) is 0 Å². The van der Waals surface area contributed by atoms with Crippen molar-refractivity contribution in [2.75, 3.05) is 0 Å². The van der Waals surface area contributed by atoms with E-state index in [-0.39, 0.29) is 11.4 Å². The van der Waals surface area contributed by atoms with Gasteiger partial charge in [0.25, 0.3) is 0 Å². The first kappa shape index (κ1) is 11.6. The molecule has 0 unspecified atom stereocenters. The van der Waals surface area contributed by atoms with E-state index in [4.69, 9.17) is 0 Å². The topological polar surface area (TPSA) is 17.8 Å². The molecule has 0 bridgehead atoms. The van der Waals surface area contributed by atoms with E-state index in [2.05, 4.69) is 41.5 Å². The zero-order chi connectivity index (χ0) is 11.8. The van der Waals surface area contributed by atoms with Crippen molar-refractivity contribution in [3.8, 4) is 0 Å². The lowest BCUT2D eigenvalue weighted by Crippen LogP contribution is -2.28. The van der Waals surface area contributed by atoms with Crippen LogP contribution in [0.1, 0.15) is 19.4 Å². The highest BCUT2D eigenvalue weighted by atomic mass is 127. The summed E-state index contributed by atoms with van der Waals surface area (Å²) in [6.45, 7) is 4.12. The Morgan fingerprint density at radius 2 is 1.88 bits per heavy atom. The molecule has 0 N–H and O–H groups in total. The van der Waals surface area contributed by atoms with Gasteiger partial charge in [0.2, 0.25) is 0 Å². The summed E-state index contributed by atoms with van der Waals surface area (Å²) in [6.07, 6.45) is 3.79. The minimum Gasteiger partial charge on any atom is -0.262 e.